The topological polar surface area (TPSA) is 52.6 Å². The van der Waals surface area contributed by atoms with E-state index in [1.165, 1.54) is 58.3 Å². The van der Waals surface area contributed by atoms with Gasteiger partial charge < -0.3 is 9.47 Å². The molecule has 0 saturated heterocycles. The van der Waals surface area contributed by atoms with Gasteiger partial charge in [0.05, 0.1) is 0 Å². The van der Waals surface area contributed by atoms with E-state index in [1.807, 2.05) is 0 Å². The molecule has 0 amide bonds. The normalized spacial score (nSPS) is 40.0. The van der Waals surface area contributed by atoms with E-state index in [4.69, 9.17) is 9.47 Å². The molecular weight excluding hydrogens is 448 g/mol. The molecule has 0 aliphatic heterocycles. The number of carbonyl (C=O) groups excluding carboxylic acids is 2. The highest BCUT2D eigenvalue weighted by Gasteiger charge is 2.58. The molecule has 5 aliphatic carbocycles. The zero-order valence-electron chi connectivity index (χ0n) is 23.3. The third-order valence-corrected chi connectivity index (χ3v) is 11.4. The summed E-state index contributed by atoms with van der Waals surface area (Å²) in [6.45, 7) is 10.5. The molecule has 0 bridgehead atoms. The highest BCUT2D eigenvalue weighted by Crippen LogP contribution is 2.66. The minimum Gasteiger partial charge on any atom is -0.462 e. The Morgan fingerprint density at radius 2 is 1.61 bits per heavy atom. The molecule has 3 saturated carbocycles. The second-order valence-corrected chi connectivity index (χ2v) is 13.3. The molecule has 36 heavy (non-hydrogen) atoms. The lowest BCUT2D eigenvalue weighted by Crippen LogP contribution is -2.51. The van der Waals surface area contributed by atoms with Crippen LogP contribution in [0.3, 0.4) is 0 Å². The van der Waals surface area contributed by atoms with Crippen LogP contribution >= 0.6 is 0 Å². The molecular formula is C32H48O4. The van der Waals surface area contributed by atoms with E-state index in [0.29, 0.717) is 23.7 Å². The van der Waals surface area contributed by atoms with Gasteiger partial charge in [0.2, 0.25) is 0 Å². The van der Waals surface area contributed by atoms with Crippen molar-refractivity contribution in [1.29, 1.82) is 0 Å². The number of rotatable bonds is 5. The van der Waals surface area contributed by atoms with E-state index in [1.54, 1.807) is 18.1 Å². The monoisotopic (exact) mass is 496 g/mol. The van der Waals surface area contributed by atoms with Gasteiger partial charge in [0.25, 0.3) is 0 Å². The van der Waals surface area contributed by atoms with E-state index in [2.05, 4.69) is 32.9 Å². The lowest BCUT2D eigenvalue weighted by Gasteiger charge is -2.58. The zero-order valence-corrected chi connectivity index (χ0v) is 23.3. The molecule has 4 heteroatoms. The molecule has 5 rings (SSSR count). The number of carbonyl (C=O) groups is 2. The lowest BCUT2D eigenvalue weighted by molar-refractivity contribution is -0.152. The Labute approximate surface area is 218 Å². The van der Waals surface area contributed by atoms with Crippen molar-refractivity contribution in [1.82, 2.24) is 0 Å². The third kappa shape index (κ3) is 4.49. The Morgan fingerprint density at radius 1 is 0.889 bits per heavy atom. The molecule has 3 fully saturated rings. The van der Waals surface area contributed by atoms with E-state index in [-0.39, 0.29) is 35.0 Å². The summed E-state index contributed by atoms with van der Waals surface area (Å²) in [7, 11) is 0. The Bertz CT molecular complexity index is 926. The SMILES string of the molecule is CC(=O)O[C@H]1CC[C@@]2(C)C(=CC[C@@H]3[C@@H]2CC[C@]2(C)C([C@H](C)[C@@H](OC(C)=O)C4CCCCC4)=CC[C@@H]32)C1. The number of ether oxygens (including phenoxy) is 2. The Kier molecular flexibility index (Phi) is 7.20. The fourth-order valence-electron chi connectivity index (χ4n) is 9.71. The first-order valence-electron chi connectivity index (χ1n) is 14.9. The van der Waals surface area contributed by atoms with E-state index in [9.17, 15) is 9.59 Å². The number of hydrogen-bond donors (Lipinski definition) is 0. The molecule has 0 unspecified atom stereocenters. The number of esters is 2. The molecule has 0 aromatic carbocycles. The van der Waals surface area contributed by atoms with Crippen molar-refractivity contribution in [3.8, 4) is 0 Å². The number of allylic oxidation sites excluding steroid dienone is 2. The van der Waals surface area contributed by atoms with Gasteiger partial charge in [-0.25, -0.2) is 0 Å². The van der Waals surface area contributed by atoms with Gasteiger partial charge in [0.1, 0.15) is 12.2 Å². The molecule has 0 aromatic rings. The predicted molar refractivity (Wildman–Crippen MR) is 142 cm³/mol. The minimum atomic E-state index is -0.148. The molecule has 0 aromatic heterocycles. The summed E-state index contributed by atoms with van der Waals surface area (Å²) in [5.41, 5.74) is 3.60. The van der Waals surface area contributed by atoms with Gasteiger partial charge in [-0.15, -0.1) is 0 Å². The van der Waals surface area contributed by atoms with Gasteiger partial charge in [0, 0.05) is 26.2 Å². The van der Waals surface area contributed by atoms with Gasteiger partial charge in [-0.05, 0) is 85.9 Å². The number of hydrogen-bond acceptors (Lipinski definition) is 4. The van der Waals surface area contributed by atoms with Gasteiger partial charge in [-0.1, -0.05) is 63.3 Å². The maximum absolute atomic E-state index is 12.1. The summed E-state index contributed by atoms with van der Waals surface area (Å²) in [5.74, 6) is 2.65. The number of fused-ring (bicyclic) bond motifs is 5. The smallest absolute Gasteiger partial charge is 0.302 e. The van der Waals surface area contributed by atoms with Crippen LogP contribution in [0.2, 0.25) is 0 Å². The summed E-state index contributed by atoms with van der Waals surface area (Å²) < 4.78 is 11.7. The van der Waals surface area contributed by atoms with Crippen LogP contribution < -0.4 is 0 Å². The van der Waals surface area contributed by atoms with Gasteiger partial charge in [-0.2, -0.15) is 0 Å². The van der Waals surface area contributed by atoms with Crippen molar-refractivity contribution < 1.29 is 19.1 Å². The van der Waals surface area contributed by atoms with Crippen LogP contribution in [-0.4, -0.2) is 24.1 Å². The quantitative estimate of drug-likeness (QED) is 0.291. The highest BCUT2D eigenvalue weighted by molar-refractivity contribution is 5.66. The molecule has 0 radical (unpaired) electrons. The average Bonchev–Trinajstić information content (AvgIpc) is 3.19. The Balaban J connectivity index is 1.35. The second kappa shape index (κ2) is 9.95. The van der Waals surface area contributed by atoms with Crippen molar-refractivity contribution in [3.63, 3.8) is 0 Å². The molecule has 8 atom stereocenters. The van der Waals surface area contributed by atoms with Crippen LogP contribution in [0.25, 0.3) is 0 Å². The van der Waals surface area contributed by atoms with Crippen LogP contribution in [0.15, 0.2) is 23.3 Å². The maximum atomic E-state index is 12.1. The van der Waals surface area contributed by atoms with Crippen molar-refractivity contribution in [2.45, 2.75) is 124 Å². The molecule has 0 N–H and O–H groups in total. The van der Waals surface area contributed by atoms with Crippen LogP contribution in [0.5, 0.6) is 0 Å². The Morgan fingerprint density at radius 3 is 2.31 bits per heavy atom. The van der Waals surface area contributed by atoms with Gasteiger partial charge in [-0.3, -0.25) is 9.59 Å². The third-order valence-electron chi connectivity index (χ3n) is 11.4. The van der Waals surface area contributed by atoms with Crippen molar-refractivity contribution in [2.24, 2.45) is 40.4 Å². The summed E-state index contributed by atoms with van der Waals surface area (Å²) in [4.78, 5) is 23.7. The molecule has 0 heterocycles. The fourth-order valence-corrected chi connectivity index (χ4v) is 9.71. The van der Waals surface area contributed by atoms with Crippen molar-refractivity contribution >= 4 is 11.9 Å². The molecule has 4 nitrogen and oxygen atoms in total. The van der Waals surface area contributed by atoms with Crippen molar-refractivity contribution in [2.75, 3.05) is 0 Å². The highest BCUT2D eigenvalue weighted by atomic mass is 16.5. The van der Waals surface area contributed by atoms with Crippen LogP contribution in [0, 0.1) is 40.4 Å². The second-order valence-electron chi connectivity index (χ2n) is 13.3. The van der Waals surface area contributed by atoms with E-state index < -0.39 is 0 Å². The lowest BCUT2D eigenvalue weighted by atomic mass is 9.47. The fraction of sp³-hybridized carbons (Fsp3) is 0.812. The van der Waals surface area contributed by atoms with Crippen LogP contribution in [0.4, 0.5) is 0 Å². The van der Waals surface area contributed by atoms with E-state index in [0.717, 1.165) is 31.6 Å². The van der Waals surface area contributed by atoms with Gasteiger partial charge in [0.15, 0.2) is 0 Å². The standard InChI is InChI=1S/C32H48O4/c1-20(30(36-22(3)34)23-9-7-6-8-10-23)27-13-14-28-26-12-11-24-19-25(35-21(2)33)15-17-31(24,4)29(26)16-18-32(27,28)5/h11,13,20,23,25-26,28-30H,6-10,12,14-19H2,1-5H3/t20-,25-,26-,28-,29-,30+,31-,32+/m0/s1. The van der Waals surface area contributed by atoms with Crippen molar-refractivity contribution in [3.05, 3.63) is 23.3 Å². The first-order valence-corrected chi connectivity index (χ1v) is 14.9. The van der Waals surface area contributed by atoms with Crippen LogP contribution in [-0.2, 0) is 19.1 Å². The predicted octanol–water partition coefficient (Wildman–Crippen LogP) is 7.57. The first-order chi connectivity index (χ1) is 17.1. The minimum absolute atomic E-state index is 0.0225. The average molecular weight is 497 g/mol. The summed E-state index contributed by atoms with van der Waals surface area (Å²) >= 11 is 0. The molecule has 5 aliphatic rings. The Hall–Kier alpha value is -1.58. The maximum Gasteiger partial charge on any atom is 0.302 e. The summed E-state index contributed by atoms with van der Waals surface area (Å²) in [5, 5.41) is 0. The van der Waals surface area contributed by atoms with Gasteiger partial charge >= 0.3 is 11.9 Å². The molecule has 200 valence electrons. The van der Waals surface area contributed by atoms with E-state index >= 15 is 0 Å². The van der Waals surface area contributed by atoms with Crippen LogP contribution in [0.1, 0.15) is 112 Å². The summed E-state index contributed by atoms with van der Waals surface area (Å²) in [6.07, 6.45) is 19.3. The molecule has 0 spiro atoms. The zero-order chi connectivity index (χ0) is 25.7. The largest absolute Gasteiger partial charge is 0.462 e. The first kappa shape index (κ1) is 26.0. The summed E-state index contributed by atoms with van der Waals surface area (Å²) in [6, 6.07) is 0.